The van der Waals surface area contributed by atoms with Gasteiger partial charge in [0.2, 0.25) is 5.91 Å². The lowest BCUT2D eigenvalue weighted by Crippen LogP contribution is -2.42. The molecule has 0 saturated heterocycles. The molecule has 2 fully saturated rings. The van der Waals surface area contributed by atoms with Crippen LogP contribution < -0.4 is 0 Å². The molecule has 2 bridgehead atoms. The number of amides is 1. The fourth-order valence-electron chi connectivity index (χ4n) is 3.61. The van der Waals surface area contributed by atoms with Gasteiger partial charge >= 0.3 is 0 Å². The van der Waals surface area contributed by atoms with Crippen LogP contribution in [0.2, 0.25) is 0 Å². The minimum absolute atomic E-state index is 0.190. The van der Waals surface area contributed by atoms with Crippen LogP contribution >= 0.6 is 11.6 Å². The maximum absolute atomic E-state index is 12.2. The van der Waals surface area contributed by atoms with Crippen molar-refractivity contribution in [2.45, 2.75) is 39.5 Å². The van der Waals surface area contributed by atoms with Crippen molar-refractivity contribution >= 4 is 17.5 Å². The van der Waals surface area contributed by atoms with E-state index in [4.69, 9.17) is 11.6 Å². The van der Waals surface area contributed by atoms with Crippen LogP contribution in [-0.4, -0.2) is 30.3 Å². The zero-order chi connectivity index (χ0) is 12.6. The van der Waals surface area contributed by atoms with E-state index in [9.17, 15) is 4.79 Å². The second kappa shape index (κ2) is 4.79. The topological polar surface area (TPSA) is 20.3 Å². The van der Waals surface area contributed by atoms with Crippen LogP contribution in [0.1, 0.15) is 39.5 Å². The highest BCUT2D eigenvalue weighted by molar-refractivity contribution is 6.19. The van der Waals surface area contributed by atoms with Crippen LogP contribution in [0.25, 0.3) is 0 Å². The summed E-state index contributed by atoms with van der Waals surface area (Å²) in [4.78, 5) is 14.1. The number of alkyl halides is 1. The van der Waals surface area contributed by atoms with E-state index in [1.165, 1.54) is 25.7 Å². The molecule has 0 aromatic carbocycles. The maximum atomic E-state index is 12.2. The second-order valence-corrected chi connectivity index (χ2v) is 6.91. The first-order chi connectivity index (χ1) is 7.94. The standard InChI is InChI=1S/C14H24ClNO/c1-14(2,9-15)13(17)16(3)8-12-7-10-4-5-11(12)6-10/h10-12H,4-9H2,1-3H3. The van der Waals surface area contributed by atoms with E-state index < -0.39 is 5.41 Å². The maximum Gasteiger partial charge on any atom is 0.229 e. The molecule has 2 rings (SSSR count). The first kappa shape index (κ1) is 13.2. The summed E-state index contributed by atoms with van der Waals surface area (Å²) in [5.74, 6) is 3.17. The molecular weight excluding hydrogens is 234 g/mol. The van der Waals surface area contributed by atoms with E-state index in [1.54, 1.807) is 0 Å². The fraction of sp³-hybridized carbons (Fsp3) is 0.929. The lowest BCUT2D eigenvalue weighted by atomic mass is 9.87. The molecular formula is C14H24ClNO. The third kappa shape index (κ3) is 2.62. The summed E-state index contributed by atoms with van der Waals surface area (Å²) in [6.45, 7) is 4.79. The normalized spacial score (nSPS) is 31.9. The Balaban J connectivity index is 1.89. The van der Waals surface area contributed by atoms with Gasteiger partial charge in [-0.25, -0.2) is 0 Å². The summed E-state index contributed by atoms with van der Waals surface area (Å²) in [6, 6.07) is 0. The fourth-order valence-corrected chi connectivity index (χ4v) is 3.72. The number of hydrogen-bond acceptors (Lipinski definition) is 1. The molecule has 3 atom stereocenters. The Labute approximate surface area is 110 Å². The largest absolute Gasteiger partial charge is 0.345 e. The summed E-state index contributed by atoms with van der Waals surface area (Å²) >= 11 is 5.86. The third-order valence-corrected chi connectivity index (χ3v) is 5.32. The molecule has 0 N–H and O–H groups in total. The van der Waals surface area contributed by atoms with E-state index in [0.29, 0.717) is 5.88 Å². The van der Waals surface area contributed by atoms with Gasteiger partial charge in [0.1, 0.15) is 0 Å². The molecule has 0 aliphatic heterocycles. The summed E-state index contributed by atoms with van der Waals surface area (Å²) in [6.07, 6.45) is 5.55. The van der Waals surface area contributed by atoms with Crippen molar-refractivity contribution in [3.05, 3.63) is 0 Å². The summed E-state index contributed by atoms with van der Waals surface area (Å²) in [7, 11) is 1.93. The van der Waals surface area contributed by atoms with Crippen molar-refractivity contribution in [1.29, 1.82) is 0 Å². The van der Waals surface area contributed by atoms with Crippen molar-refractivity contribution in [3.63, 3.8) is 0 Å². The summed E-state index contributed by atoms with van der Waals surface area (Å²) in [5.41, 5.74) is -0.423. The molecule has 3 heteroatoms. The molecule has 1 amide bonds. The molecule has 0 radical (unpaired) electrons. The van der Waals surface area contributed by atoms with Gasteiger partial charge in [-0.15, -0.1) is 11.6 Å². The van der Waals surface area contributed by atoms with E-state index >= 15 is 0 Å². The molecule has 2 nitrogen and oxygen atoms in total. The monoisotopic (exact) mass is 257 g/mol. The lowest BCUT2D eigenvalue weighted by Gasteiger charge is -2.32. The molecule has 0 spiro atoms. The minimum Gasteiger partial charge on any atom is -0.345 e. The molecule has 98 valence electrons. The van der Waals surface area contributed by atoms with Gasteiger partial charge < -0.3 is 4.90 Å². The number of carbonyl (C=O) groups is 1. The number of fused-ring (bicyclic) bond motifs is 2. The average Bonchev–Trinajstić information content (AvgIpc) is 2.89. The SMILES string of the molecule is CN(CC1CC2CCC1C2)C(=O)C(C)(C)CCl. The minimum atomic E-state index is -0.423. The van der Waals surface area contributed by atoms with Crippen molar-refractivity contribution in [2.75, 3.05) is 19.5 Å². The van der Waals surface area contributed by atoms with Crippen molar-refractivity contribution in [2.24, 2.45) is 23.2 Å². The van der Waals surface area contributed by atoms with Crippen molar-refractivity contribution in [1.82, 2.24) is 4.90 Å². The summed E-state index contributed by atoms with van der Waals surface area (Å²) in [5, 5.41) is 0. The van der Waals surface area contributed by atoms with Gasteiger partial charge in [0.25, 0.3) is 0 Å². The van der Waals surface area contributed by atoms with Gasteiger partial charge in [-0.05, 0) is 50.9 Å². The average molecular weight is 258 g/mol. The van der Waals surface area contributed by atoms with Crippen molar-refractivity contribution in [3.8, 4) is 0 Å². The summed E-state index contributed by atoms with van der Waals surface area (Å²) < 4.78 is 0. The van der Waals surface area contributed by atoms with E-state index in [2.05, 4.69) is 0 Å². The Morgan fingerprint density at radius 3 is 2.53 bits per heavy atom. The number of nitrogens with zero attached hydrogens (tertiary/aromatic N) is 1. The van der Waals surface area contributed by atoms with Gasteiger partial charge in [-0.2, -0.15) is 0 Å². The molecule has 2 aliphatic carbocycles. The van der Waals surface area contributed by atoms with Crippen LogP contribution in [0.15, 0.2) is 0 Å². The Bertz CT molecular complexity index is 303. The molecule has 0 aromatic rings. The zero-order valence-electron chi connectivity index (χ0n) is 11.2. The van der Waals surface area contributed by atoms with Crippen LogP contribution in [0.5, 0.6) is 0 Å². The highest BCUT2D eigenvalue weighted by Gasteiger charge is 2.41. The van der Waals surface area contributed by atoms with Crippen LogP contribution in [-0.2, 0) is 4.79 Å². The van der Waals surface area contributed by atoms with Gasteiger partial charge in [-0.1, -0.05) is 6.42 Å². The first-order valence-corrected chi connectivity index (χ1v) is 7.29. The molecule has 17 heavy (non-hydrogen) atoms. The number of halogens is 1. The molecule has 0 heterocycles. The second-order valence-electron chi connectivity index (χ2n) is 6.64. The van der Waals surface area contributed by atoms with Gasteiger partial charge in [0.05, 0.1) is 5.41 Å². The highest BCUT2D eigenvalue weighted by atomic mass is 35.5. The Morgan fingerprint density at radius 2 is 2.06 bits per heavy atom. The Kier molecular flexibility index (Phi) is 3.72. The van der Waals surface area contributed by atoms with Crippen LogP contribution in [0, 0.1) is 23.2 Å². The lowest BCUT2D eigenvalue weighted by molar-refractivity contribution is -0.138. The predicted molar refractivity (Wildman–Crippen MR) is 71.1 cm³/mol. The Hall–Kier alpha value is -0.240. The van der Waals surface area contributed by atoms with Crippen LogP contribution in [0.3, 0.4) is 0 Å². The Morgan fingerprint density at radius 1 is 1.35 bits per heavy atom. The zero-order valence-corrected chi connectivity index (χ0v) is 12.0. The van der Waals surface area contributed by atoms with Gasteiger partial charge in [-0.3, -0.25) is 4.79 Å². The highest BCUT2D eigenvalue weighted by Crippen LogP contribution is 2.48. The molecule has 2 saturated carbocycles. The first-order valence-electron chi connectivity index (χ1n) is 6.75. The number of hydrogen-bond donors (Lipinski definition) is 0. The van der Waals surface area contributed by atoms with E-state index in [-0.39, 0.29) is 5.91 Å². The molecule has 2 aliphatic rings. The quantitative estimate of drug-likeness (QED) is 0.709. The van der Waals surface area contributed by atoms with Crippen LogP contribution in [0.4, 0.5) is 0 Å². The van der Waals surface area contributed by atoms with E-state index in [0.717, 1.165) is 24.3 Å². The smallest absolute Gasteiger partial charge is 0.229 e. The van der Waals surface area contributed by atoms with E-state index in [1.807, 2.05) is 25.8 Å². The number of carbonyl (C=O) groups excluding carboxylic acids is 1. The van der Waals surface area contributed by atoms with Crippen molar-refractivity contribution < 1.29 is 4.79 Å². The number of rotatable bonds is 4. The third-order valence-electron chi connectivity index (χ3n) is 4.65. The predicted octanol–water partition coefficient (Wildman–Crippen LogP) is 3.15. The van der Waals surface area contributed by atoms with Gasteiger partial charge in [0, 0.05) is 19.5 Å². The van der Waals surface area contributed by atoms with Gasteiger partial charge in [0.15, 0.2) is 0 Å². The molecule has 0 aromatic heterocycles. The molecule has 3 unspecified atom stereocenters.